The van der Waals surface area contributed by atoms with E-state index in [4.69, 9.17) is 26.8 Å². The SMILES string of the molecule is COc1ccc(Oc2ccc(CNC(=O)CCCC(N)=O)cc2)c(Cl)c1. The minimum absolute atomic E-state index is 0.114. The predicted octanol–water partition coefficient (Wildman–Crippen LogP) is 3.41. The first-order valence-corrected chi connectivity index (χ1v) is 8.51. The van der Waals surface area contributed by atoms with Gasteiger partial charge >= 0.3 is 0 Å². The summed E-state index contributed by atoms with van der Waals surface area (Å²) in [6, 6.07) is 12.5. The monoisotopic (exact) mass is 376 g/mol. The zero-order chi connectivity index (χ0) is 18.9. The van der Waals surface area contributed by atoms with Gasteiger partial charge in [0.25, 0.3) is 0 Å². The normalized spacial score (nSPS) is 10.2. The summed E-state index contributed by atoms with van der Waals surface area (Å²) in [7, 11) is 1.57. The lowest BCUT2D eigenvalue weighted by Gasteiger charge is -2.10. The smallest absolute Gasteiger partial charge is 0.220 e. The van der Waals surface area contributed by atoms with Crippen molar-refractivity contribution in [2.45, 2.75) is 25.8 Å². The highest BCUT2D eigenvalue weighted by atomic mass is 35.5. The van der Waals surface area contributed by atoms with Crippen molar-refractivity contribution in [1.82, 2.24) is 5.32 Å². The number of ether oxygens (including phenoxy) is 2. The van der Waals surface area contributed by atoms with Crippen LogP contribution in [0.3, 0.4) is 0 Å². The van der Waals surface area contributed by atoms with E-state index in [9.17, 15) is 9.59 Å². The summed E-state index contributed by atoms with van der Waals surface area (Å²) in [5.41, 5.74) is 5.97. The van der Waals surface area contributed by atoms with Gasteiger partial charge in [0.2, 0.25) is 11.8 Å². The van der Waals surface area contributed by atoms with Crippen molar-refractivity contribution >= 4 is 23.4 Å². The van der Waals surface area contributed by atoms with Gasteiger partial charge in [-0.3, -0.25) is 9.59 Å². The van der Waals surface area contributed by atoms with E-state index < -0.39 is 5.91 Å². The van der Waals surface area contributed by atoms with Crippen LogP contribution in [0.4, 0.5) is 0 Å². The Morgan fingerprint density at radius 2 is 1.77 bits per heavy atom. The molecule has 2 amide bonds. The second-order valence-electron chi connectivity index (χ2n) is 5.64. The number of halogens is 1. The summed E-state index contributed by atoms with van der Waals surface area (Å²) in [6.07, 6.45) is 0.948. The molecule has 2 aromatic carbocycles. The number of methoxy groups -OCH3 is 1. The molecule has 0 aliphatic heterocycles. The van der Waals surface area contributed by atoms with Crippen LogP contribution in [0, 0.1) is 0 Å². The van der Waals surface area contributed by atoms with E-state index >= 15 is 0 Å². The lowest BCUT2D eigenvalue weighted by molar-refractivity contribution is -0.121. The summed E-state index contributed by atoms with van der Waals surface area (Å²) >= 11 is 6.15. The molecular weight excluding hydrogens is 356 g/mol. The Hall–Kier alpha value is -2.73. The van der Waals surface area contributed by atoms with Gasteiger partial charge in [0, 0.05) is 25.5 Å². The van der Waals surface area contributed by atoms with Gasteiger partial charge in [-0.2, -0.15) is 0 Å². The molecule has 3 N–H and O–H groups in total. The van der Waals surface area contributed by atoms with E-state index in [1.807, 2.05) is 12.1 Å². The lowest BCUT2D eigenvalue weighted by atomic mass is 10.2. The van der Waals surface area contributed by atoms with E-state index in [1.54, 1.807) is 37.4 Å². The van der Waals surface area contributed by atoms with Crippen molar-refractivity contribution in [3.8, 4) is 17.2 Å². The first-order chi connectivity index (χ1) is 12.5. The van der Waals surface area contributed by atoms with Crippen LogP contribution >= 0.6 is 11.6 Å². The number of nitrogens with one attached hydrogen (secondary N) is 1. The van der Waals surface area contributed by atoms with Crippen molar-refractivity contribution in [1.29, 1.82) is 0 Å². The Balaban J connectivity index is 1.84. The van der Waals surface area contributed by atoms with Crippen molar-refractivity contribution in [3.05, 3.63) is 53.1 Å². The molecule has 0 fully saturated rings. The molecule has 0 bridgehead atoms. The molecule has 0 atom stereocenters. The molecule has 0 saturated heterocycles. The lowest BCUT2D eigenvalue weighted by Crippen LogP contribution is -2.23. The predicted molar refractivity (Wildman–Crippen MR) is 99.4 cm³/mol. The molecule has 0 aliphatic rings. The first kappa shape index (κ1) is 19.6. The molecule has 0 aromatic heterocycles. The van der Waals surface area contributed by atoms with Crippen LogP contribution in [0.5, 0.6) is 17.2 Å². The van der Waals surface area contributed by atoms with Crippen LogP contribution in [0.1, 0.15) is 24.8 Å². The summed E-state index contributed by atoms with van der Waals surface area (Å²) in [5, 5.41) is 3.25. The number of carbonyl (C=O) groups is 2. The summed E-state index contributed by atoms with van der Waals surface area (Å²) in [6.45, 7) is 0.402. The standard InChI is InChI=1S/C19H21ClN2O4/c1-25-15-9-10-17(16(20)11-15)26-14-7-5-13(6-8-14)12-22-19(24)4-2-3-18(21)23/h5-11H,2-4,12H2,1H3,(H2,21,23)(H,22,24). The number of hydrogen-bond donors (Lipinski definition) is 2. The van der Waals surface area contributed by atoms with Crippen molar-refractivity contribution in [2.24, 2.45) is 5.73 Å². The molecular formula is C19H21ClN2O4. The molecule has 0 radical (unpaired) electrons. The zero-order valence-corrected chi connectivity index (χ0v) is 15.2. The minimum atomic E-state index is -0.398. The van der Waals surface area contributed by atoms with Crippen LogP contribution in [0.15, 0.2) is 42.5 Å². The number of nitrogens with two attached hydrogens (primary N) is 1. The van der Waals surface area contributed by atoms with Crippen LogP contribution in [0.25, 0.3) is 0 Å². The van der Waals surface area contributed by atoms with Crippen molar-refractivity contribution < 1.29 is 19.1 Å². The third-order valence-corrected chi connectivity index (χ3v) is 3.90. The van der Waals surface area contributed by atoms with Gasteiger partial charge < -0.3 is 20.5 Å². The maximum Gasteiger partial charge on any atom is 0.220 e. The topological polar surface area (TPSA) is 90.7 Å². The van der Waals surface area contributed by atoms with Crippen LogP contribution in [-0.4, -0.2) is 18.9 Å². The quantitative estimate of drug-likeness (QED) is 0.701. The van der Waals surface area contributed by atoms with E-state index in [1.165, 1.54) is 0 Å². The van der Waals surface area contributed by atoms with Gasteiger partial charge in [0.15, 0.2) is 0 Å². The van der Waals surface area contributed by atoms with Gasteiger partial charge in [-0.1, -0.05) is 23.7 Å². The van der Waals surface area contributed by atoms with Gasteiger partial charge in [-0.05, 0) is 36.2 Å². The third-order valence-electron chi connectivity index (χ3n) is 3.61. The average molecular weight is 377 g/mol. The zero-order valence-electron chi connectivity index (χ0n) is 14.5. The summed E-state index contributed by atoms with van der Waals surface area (Å²) < 4.78 is 10.8. The highest BCUT2D eigenvalue weighted by Gasteiger charge is 2.06. The molecule has 6 nitrogen and oxygen atoms in total. The van der Waals surface area contributed by atoms with Crippen LogP contribution in [0.2, 0.25) is 5.02 Å². The Morgan fingerprint density at radius 1 is 1.08 bits per heavy atom. The molecule has 2 aromatic rings. The number of benzene rings is 2. The van der Waals surface area contributed by atoms with E-state index in [2.05, 4.69) is 5.32 Å². The molecule has 26 heavy (non-hydrogen) atoms. The Kier molecular flexibility index (Phi) is 7.29. The third kappa shape index (κ3) is 6.29. The van der Waals surface area contributed by atoms with Gasteiger partial charge in [-0.15, -0.1) is 0 Å². The molecule has 0 unspecified atom stereocenters. The largest absolute Gasteiger partial charge is 0.497 e. The number of hydrogen-bond acceptors (Lipinski definition) is 4. The van der Waals surface area contributed by atoms with Crippen molar-refractivity contribution in [3.63, 3.8) is 0 Å². The number of amides is 2. The van der Waals surface area contributed by atoms with E-state index in [-0.39, 0.29) is 18.7 Å². The van der Waals surface area contributed by atoms with Gasteiger partial charge in [0.1, 0.15) is 17.2 Å². The second kappa shape index (κ2) is 9.68. The second-order valence-corrected chi connectivity index (χ2v) is 6.05. The Morgan fingerprint density at radius 3 is 2.38 bits per heavy atom. The van der Waals surface area contributed by atoms with Crippen molar-refractivity contribution in [2.75, 3.05) is 7.11 Å². The highest BCUT2D eigenvalue weighted by molar-refractivity contribution is 6.32. The van der Waals surface area contributed by atoms with Crippen LogP contribution < -0.4 is 20.5 Å². The minimum Gasteiger partial charge on any atom is -0.497 e. The highest BCUT2D eigenvalue weighted by Crippen LogP contribution is 2.32. The molecule has 7 heteroatoms. The number of rotatable bonds is 9. The average Bonchev–Trinajstić information content (AvgIpc) is 2.62. The Bertz CT molecular complexity index is 763. The molecule has 138 valence electrons. The van der Waals surface area contributed by atoms with E-state index in [0.717, 1.165) is 5.56 Å². The van der Waals surface area contributed by atoms with Gasteiger partial charge in [-0.25, -0.2) is 0 Å². The van der Waals surface area contributed by atoms with Crippen LogP contribution in [-0.2, 0) is 16.1 Å². The fourth-order valence-corrected chi connectivity index (χ4v) is 2.41. The number of carbonyl (C=O) groups excluding carboxylic acids is 2. The first-order valence-electron chi connectivity index (χ1n) is 8.13. The molecule has 0 spiro atoms. The molecule has 0 saturated carbocycles. The maximum absolute atomic E-state index is 11.7. The maximum atomic E-state index is 11.7. The fourth-order valence-electron chi connectivity index (χ4n) is 2.21. The molecule has 2 rings (SSSR count). The van der Waals surface area contributed by atoms with Gasteiger partial charge in [0.05, 0.1) is 12.1 Å². The van der Waals surface area contributed by atoms with E-state index in [0.29, 0.717) is 35.2 Å². The molecule has 0 aliphatic carbocycles. The number of primary amides is 1. The fraction of sp³-hybridized carbons (Fsp3) is 0.263. The summed E-state index contributed by atoms with van der Waals surface area (Å²) in [4.78, 5) is 22.3. The summed E-state index contributed by atoms with van der Waals surface area (Å²) in [5.74, 6) is 1.31. The Labute approximate surface area is 157 Å². The molecule has 0 heterocycles.